The lowest BCUT2D eigenvalue weighted by atomic mass is 10.1. The highest BCUT2D eigenvalue weighted by molar-refractivity contribution is 5.36. The minimum Gasteiger partial charge on any atom is -0.497 e. The molecule has 0 aromatic heterocycles. The lowest BCUT2D eigenvalue weighted by Crippen LogP contribution is -1.97. The molecule has 1 saturated carbocycles. The third-order valence-corrected chi connectivity index (χ3v) is 2.87. The topological polar surface area (TPSA) is 29.5 Å². The van der Waals surface area contributed by atoms with Crippen molar-refractivity contribution in [3.63, 3.8) is 0 Å². The Morgan fingerprint density at radius 2 is 1.93 bits per heavy atom. The fourth-order valence-electron chi connectivity index (χ4n) is 1.88. The molecule has 0 amide bonds. The van der Waals surface area contributed by atoms with Crippen molar-refractivity contribution in [2.45, 2.75) is 11.8 Å². The van der Waals surface area contributed by atoms with Gasteiger partial charge in [-0.25, -0.2) is 8.78 Å². The van der Waals surface area contributed by atoms with E-state index in [0.29, 0.717) is 11.3 Å². The highest BCUT2D eigenvalue weighted by Gasteiger charge is 2.68. The van der Waals surface area contributed by atoms with E-state index < -0.39 is 24.4 Å². The third-order valence-electron chi connectivity index (χ3n) is 2.87. The molecule has 2 nitrogen and oxygen atoms in total. The molecule has 1 aromatic rings. The average molecular weight is 214 g/mol. The Morgan fingerprint density at radius 1 is 1.33 bits per heavy atom. The Hall–Kier alpha value is -1.16. The predicted octanol–water partition coefficient (Wildman–Crippen LogP) is 2.04. The normalized spacial score (nSPS) is 27.5. The van der Waals surface area contributed by atoms with E-state index in [-0.39, 0.29) is 0 Å². The summed E-state index contributed by atoms with van der Waals surface area (Å²) in [4.78, 5) is 0. The number of rotatable bonds is 3. The second kappa shape index (κ2) is 3.45. The quantitative estimate of drug-likeness (QED) is 0.834. The van der Waals surface area contributed by atoms with Crippen LogP contribution in [-0.2, 0) is 0 Å². The van der Waals surface area contributed by atoms with E-state index in [1.807, 2.05) is 0 Å². The van der Waals surface area contributed by atoms with Gasteiger partial charge in [0, 0.05) is 0 Å². The minimum absolute atomic E-state index is 0.469. The van der Waals surface area contributed by atoms with E-state index in [0.717, 1.165) is 0 Å². The molecule has 0 aliphatic heterocycles. The molecule has 0 radical (unpaired) electrons. The summed E-state index contributed by atoms with van der Waals surface area (Å²) in [5, 5.41) is 8.77. The monoisotopic (exact) mass is 214 g/mol. The van der Waals surface area contributed by atoms with Crippen molar-refractivity contribution in [3.05, 3.63) is 29.8 Å². The molecule has 2 rings (SSSR count). The van der Waals surface area contributed by atoms with Gasteiger partial charge in [-0.05, 0) is 17.7 Å². The standard InChI is InChI=1S/C11H12F2O2/c1-15-8-4-2-7(3-5-8)10-9(6-14)11(10,12)13/h2-5,9-10,14H,6H2,1H3/t9-,10-/m1/s1. The zero-order valence-electron chi connectivity index (χ0n) is 8.28. The number of benzene rings is 1. The van der Waals surface area contributed by atoms with E-state index in [1.165, 1.54) is 7.11 Å². The second-order valence-electron chi connectivity index (χ2n) is 3.71. The SMILES string of the molecule is COc1ccc([C@@H]2[C@@H](CO)C2(F)F)cc1. The molecule has 1 aliphatic carbocycles. The number of alkyl halides is 2. The first-order chi connectivity index (χ1) is 7.11. The molecule has 1 fully saturated rings. The molecule has 1 aliphatic rings. The van der Waals surface area contributed by atoms with Crippen molar-refractivity contribution in [1.82, 2.24) is 0 Å². The van der Waals surface area contributed by atoms with Gasteiger partial charge in [0.2, 0.25) is 0 Å². The molecule has 0 heterocycles. The van der Waals surface area contributed by atoms with Crippen LogP contribution in [0.3, 0.4) is 0 Å². The maximum absolute atomic E-state index is 13.1. The van der Waals surface area contributed by atoms with E-state index in [2.05, 4.69) is 0 Å². The van der Waals surface area contributed by atoms with E-state index in [1.54, 1.807) is 24.3 Å². The summed E-state index contributed by atoms with van der Waals surface area (Å²) >= 11 is 0. The third kappa shape index (κ3) is 1.59. The zero-order valence-corrected chi connectivity index (χ0v) is 8.28. The number of aliphatic hydroxyl groups is 1. The van der Waals surface area contributed by atoms with Gasteiger partial charge < -0.3 is 9.84 Å². The smallest absolute Gasteiger partial charge is 0.261 e. The fourth-order valence-corrected chi connectivity index (χ4v) is 1.88. The van der Waals surface area contributed by atoms with Crippen LogP contribution in [0.1, 0.15) is 11.5 Å². The Kier molecular flexibility index (Phi) is 2.38. The molecule has 4 heteroatoms. The molecule has 0 saturated heterocycles. The number of halogens is 2. The van der Waals surface area contributed by atoms with E-state index in [9.17, 15) is 8.78 Å². The number of methoxy groups -OCH3 is 1. The maximum Gasteiger partial charge on any atom is 0.261 e. The zero-order chi connectivity index (χ0) is 11.1. The van der Waals surface area contributed by atoms with Crippen LogP contribution in [0.4, 0.5) is 8.78 Å². The van der Waals surface area contributed by atoms with Crippen LogP contribution in [0.25, 0.3) is 0 Å². The summed E-state index contributed by atoms with van der Waals surface area (Å²) in [7, 11) is 1.53. The van der Waals surface area contributed by atoms with Crippen LogP contribution in [-0.4, -0.2) is 24.7 Å². The van der Waals surface area contributed by atoms with Gasteiger partial charge >= 0.3 is 0 Å². The van der Waals surface area contributed by atoms with Crippen LogP contribution >= 0.6 is 0 Å². The average Bonchev–Trinajstić information content (AvgIpc) is 2.80. The molecule has 15 heavy (non-hydrogen) atoms. The molecule has 1 N–H and O–H groups in total. The maximum atomic E-state index is 13.1. The summed E-state index contributed by atoms with van der Waals surface area (Å²) in [5.41, 5.74) is 0.555. The van der Waals surface area contributed by atoms with Crippen molar-refractivity contribution >= 4 is 0 Å². The number of ether oxygens (including phenoxy) is 1. The Morgan fingerprint density at radius 3 is 2.33 bits per heavy atom. The van der Waals surface area contributed by atoms with Crippen LogP contribution in [0.5, 0.6) is 5.75 Å². The van der Waals surface area contributed by atoms with Gasteiger partial charge in [0.05, 0.1) is 25.6 Å². The number of hydrogen-bond donors (Lipinski definition) is 1. The van der Waals surface area contributed by atoms with Crippen molar-refractivity contribution in [3.8, 4) is 5.75 Å². The van der Waals surface area contributed by atoms with Gasteiger partial charge in [-0.2, -0.15) is 0 Å². The van der Waals surface area contributed by atoms with Gasteiger partial charge in [-0.15, -0.1) is 0 Å². The summed E-state index contributed by atoms with van der Waals surface area (Å²) in [6.07, 6.45) is 0. The Labute approximate surface area is 86.5 Å². The molecular weight excluding hydrogens is 202 g/mol. The van der Waals surface area contributed by atoms with Gasteiger partial charge in [0.15, 0.2) is 0 Å². The van der Waals surface area contributed by atoms with Crippen LogP contribution in [0, 0.1) is 5.92 Å². The van der Waals surface area contributed by atoms with Crippen LogP contribution < -0.4 is 4.74 Å². The minimum atomic E-state index is -2.76. The fraction of sp³-hybridized carbons (Fsp3) is 0.455. The van der Waals surface area contributed by atoms with Crippen molar-refractivity contribution in [2.75, 3.05) is 13.7 Å². The van der Waals surface area contributed by atoms with Crippen molar-refractivity contribution in [2.24, 2.45) is 5.92 Å². The van der Waals surface area contributed by atoms with Crippen LogP contribution in [0.2, 0.25) is 0 Å². The van der Waals surface area contributed by atoms with Gasteiger partial charge in [0.1, 0.15) is 5.75 Å². The lowest BCUT2D eigenvalue weighted by Gasteiger charge is -2.01. The summed E-state index contributed by atoms with van der Waals surface area (Å²) < 4.78 is 31.2. The van der Waals surface area contributed by atoms with E-state index >= 15 is 0 Å². The van der Waals surface area contributed by atoms with Gasteiger partial charge in [-0.1, -0.05) is 12.1 Å². The highest BCUT2D eigenvalue weighted by atomic mass is 19.3. The molecule has 82 valence electrons. The Balaban J connectivity index is 2.18. The first-order valence-electron chi connectivity index (χ1n) is 4.74. The molecule has 2 atom stereocenters. The molecule has 1 aromatic carbocycles. The Bertz CT molecular complexity index is 348. The first-order valence-corrected chi connectivity index (χ1v) is 4.74. The second-order valence-corrected chi connectivity index (χ2v) is 3.71. The van der Waals surface area contributed by atoms with Gasteiger partial charge in [0.25, 0.3) is 5.92 Å². The molecule has 0 spiro atoms. The van der Waals surface area contributed by atoms with Crippen LogP contribution in [0.15, 0.2) is 24.3 Å². The molecule has 0 bridgehead atoms. The lowest BCUT2D eigenvalue weighted by molar-refractivity contribution is 0.0785. The number of aliphatic hydroxyl groups excluding tert-OH is 1. The molecular formula is C11H12F2O2. The molecule has 0 unspecified atom stereocenters. The number of hydrogen-bond acceptors (Lipinski definition) is 2. The highest BCUT2D eigenvalue weighted by Crippen LogP contribution is 2.61. The summed E-state index contributed by atoms with van der Waals surface area (Å²) in [5.74, 6) is -3.88. The largest absolute Gasteiger partial charge is 0.497 e. The first kappa shape index (κ1) is 10.4. The van der Waals surface area contributed by atoms with E-state index in [4.69, 9.17) is 9.84 Å². The summed E-state index contributed by atoms with van der Waals surface area (Å²) in [6, 6.07) is 6.54. The van der Waals surface area contributed by atoms with Crippen molar-refractivity contribution in [1.29, 1.82) is 0 Å². The van der Waals surface area contributed by atoms with Gasteiger partial charge in [-0.3, -0.25) is 0 Å². The van der Waals surface area contributed by atoms with Crippen molar-refractivity contribution < 1.29 is 18.6 Å². The summed E-state index contributed by atoms with van der Waals surface area (Å²) in [6.45, 7) is -0.469. The predicted molar refractivity (Wildman–Crippen MR) is 51.3 cm³/mol.